The molecule has 9 heteroatoms. The monoisotopic (exact) mass is 440 g/mol. The van der Waals surface area contributed by atoms with Gasteiger partial charge in [-0.15, -0.1) is 0 Å². The number of aromatic amines is 1. The van der Waals surface area contributed by atoms with Crippen LogP contribution in [0.5, 0.6) is 0 Å². The number of aromatic nitrogens is 4. The first kappa shape index (κ1) is 18.8. The minimum absolute atomic E-state index is 0.122. The van der Waals surface area contributed by atoms with Gasteiger partial charge in [0.2, 0.25) is 5.28 Å². The number of nitrogens with zero attached hydrogens (tertiary/aromatic N) is 3. The van der Waals surface area contributed by atoms with Gasteiger partial charge in [0.25, 0.3) is 10.0 Å². The molecule has 0 unspecified atom stereocenters. The Hall–Kier alpha value is -3.23. The second-order valence-corrected chi connectivity index (χ2v) is 9.03. The fourth-order valence-electron chi connectivity index (χ4n) is 3.52. The van der Waals surface area contributed by atoms with Crippen molar-refractivity contribution in [3.05, 3.63) is 77.6 Å². The van der Waals surface area contributed by atoms with Crippen molar-refractivity contribution in [2.75, 3.05) is 0 Å². The molecule has 3 aromatic heterocycles. The van der Waals surface area contributed by atoms with Crippen molar-refractivity contribution in [1.82, 2.24) is 18.9 Å². The Morgan fingerprint density at radius 2 is 1.83 bits per heavy atom. The molecule has 5 aromatic rings. The van der Waals surface area contributed by atoms with Gasteiger partial charge >= 0.3 is 0 Å². The van der Waals surface area contributed by atoms with E-state index in [1.807, 2.05) is 6.92 Å². The summed E-state index contributed by atoms with van der Waals surface area (Å²) in [6.07, 6.45) is 3.03. The number of benzene rings is 2. The predicted molar refractivity (Wildman–Crippen MR) is 114 cm³/mol. The molecule has 3 heterocycles. The maximum atomic E-state index is 14.5. The second-order valence-electron chi connectivity index (χ2n) is 6.87. The Balaban J connectivity index is 1.78. The first-order valence-corrected chi connectivity index (χ1v) is 10.8. The molecule has 0 amide bonds. The van der Waals surface area contributed by atoms with E-state index >= 15 is 0 Å². The number of fused-ring (bicyclic) bond motifs is 2. The summed E-state index contributed by atoms with van der Waals surface area (Å²) in [5, 5.41) is 0.657. The van der Waals surface area contributed by atoms with E-state index in [1.165, 1.54) is 24.4 Å². The number of hydrogen-bond acceptors (Lipinski definition) is 4. The molecule has 0 atom stereocenters. The van der Waals surface area contributed by atoms with Crippen LogP contribution in [-0.2, 0) is 10.0 Å². The largest absolute Gasteiger partial charge is 0.360 e. The van der Waals surface area contributed by atoms with Gasteiger partial charge in [0.15, 0.2) is 5.65 Å². The zero-order valence-electron chi connectivity index (χ0n) is 15.6. The number of hydrogen-bond donors (Lipinski definition) is 1. The molecule has 150 valence electrons. The normalized spacial score (nSPS) is 12.1. The van der Waals surface area contributed by atoms with Gasteiger partial charge in [0.1, 0.15) is 5.82 Å². The standard InChI is InChI=1S/C21H14ClFN4O2S/c1-12-5-7-13(8-6-12)30(28,29)27-10-9-14-19(25-21(22)26-20(14)27)15-11-24-17-4-2-3-16(23)18(15)17/h2-11,24H,1H3. The van der Waals surface area contributed by atoms with Crippen LogP contribution in [0.15, 0.2) is 65.8 Å². The summed E-state index contributed by atoms with van der Waals surface area (Å²) in [6, 6.07) is 12.8. The number of H-pyrrole nitrogens is 1. The lowest BCUT2D eigenvalue weighted by atomic mass is 10.1. The minimum atomic E-state index is -3.91. The number of rotatable bonds is 3. The molecule has 6 nitrogen and oxygen atoms in total. The molecule has 0 saturated carbocycles. The van der Waals surface area contributed by atoms with Crippen molar-refractivity contribution < 1.29 is 12.8 Å². The van der Waals surface area contributed by atoms with Crippen molar-refractivity contribution in [1.29, 1.82) is 0 Å². The third kappa shape index (κ3) is 2.79. The van der Waals surface area contributed by atoms with E-state index in [-0.39, 0.29) is 15.8 Å². The van der Waals surface area contributed by atoms with E-state index in [2.05, 4.69) is 15.0 Å². The zero-order chi connectivity index (χ0) is 21.0. The van der Waals surface area contributed by atoms with Crippen molar-refractivity contribution >= 4 is 43.6 Å². The van der Waals surface area contributed by atoms with E-state index in [1.54, 1.807) is 36.5 Å². The Morgan fingerprint density at radius 1 is 1.07 bits per heavy atom. The number of nitrogens with one attached hydrogen (secondary N) is 1. The topological polar surface area (TPSA) is 80.6 Å². The van der Waals surface area contributed by atoms with Gasteiger partial charge in [-0.3, -0.25) is 0 Å². The van der Waals surface area contributed by atoms with Crippen LogP contribution in [-0.4, -0.2) is 27.3 Å². The van der Waals surface area contributed by atoms with Crippen LogP contribution in [0.2, 0.25) is 5.28 Å². The van der Waals surface area contributed by atoms with E-state index in [4.69, 9.17) is 11.6 Å². The average molecular weight is 441 g/mol. The highest BCUT2D eigenvalue weighted by atomic mass is 35.5. The van der Waals surface area contributed by atoms with Gasteiger partial charge in [-0.2, -0.15) is 4.98 Å². The Bertz CT molecular complexity index is 1540. The van der Waals surface area contributed by atoms with Crippen LogP contribution >= 0.6 is 11.6 Å². The number of halogens is 2. The summed E-state index contributed by atoms with van der Waals surface area (Å²) in [6.45, 7) is 1.88. The van der Waals surface area contributed by atoms with Crippen LogP contribution in [0.1, 0.15) is 5.56 Å². The van der Waals surface area contributed by atoms with Gasteiger partial charge in [-0.1, -0.05) is 23.8 Å². The highest BCUT2D eigenvalue weighted by Crippen LogP contribution is 2.35. The predicted octanol–water partition coefficient (Wildman–Crippen LogP) is 4.92. The fraction of sp³-hybridized carbons (Fsp3) is 0.0476. The lowest BCUT2D eigenvalue weighted by Crippen LogP contribution is -2.12. The summed E-state index contributed by atoms with van der Waals surface area (Å²) >= 11 is 6.14. The minimum Gasteiger partial charge on any atom is -0.360 e. The molecule has 1 N–H and O–H groups in total. The maximum Gasteiger partial charge on any atom is 0.269 e. The van der Waals surface area contributed by atoms with Crippen LogP contribution in [0, 0.1) is 12.7 Å². The average Bonchev–Trinajstić information content (AvgIpc) is 3.33. The molecular formula is C21H14ClFN4O2S. The summed E-state index contributed by atoms with van der Waals surface area (Å²) < 4.78 is 42.0. The second kappa shape index (κ2) is 6.65. The number of aryl methyl sites for hydroxylation is 1. The molecule has 0 radical (unpaired) electrons. The van der Waals surface area contributed by atoms with Crippen molar-refractivity contribution in [3.63, 3.8) is 0 Å². The molecule has 2 aromatic carbocycles. The van der Waals surface area contributed by atoms with E-state index < -0.39 is 15.8 Å². The summed E-state index contributed by atoms with van der Waals surface area (Å²) in [5.41, 5.74) is 2.48. The quantitative estimate of drug-likeness (QED) is 0.404. The first-order chi connectivity index (χ1) is 14.4. The third-order valence-electron chi connectivity index (χ3n) is 4.97. The molecule has 0 aliphatic carbocycles. The van der Waals surface area contributed by atoms with Crippen molar-refractivity contribution in [2.45, 2.75) is 11.8 Å². The zero-order valence-corrected chi connectivity index (χ0v) is 17.2. The lowest BCUT2D eigenvalue weighted by Gasteiger charge is -2.08. The molecular weight excluding hydrogens is 427 g/mol. The van der Waals surface area contributed by atoms with Gasteiger partial charge < -0.3 is 4.98 Å². The van der Waals surface area contributed by atoms with Gasteiger partial charge in [0.05, 0.1) is 10.6 Å². The molecule has 0 aliphatic rings. The van der Waals surface area contributed by atoms with Gasteiger partial charge in [-0.25, -0.2) is 21.8 Å². The molecule has 0 fully saturated rings. The highest BCUT2D eigenvalue weighted by Gasteiger charge is 2.23. The maximum absolute atomic E-state index is 14.5. The smallest absolute Gasteiger partial charge is 0.269 e. The van der Waals surface area contributed by atoms with Crippen LogP contribution < -0.4 is 0 Å². The third-order valence-corrected chi connectivity index (χ3v) is 6.82. The summed E-state index contributed by atoms with van der Waals surface area (Å²) in [7, 11) is -3.91. The summed E-state index contributed by atoms with van der Waals surface area (Å²) in [5.74, 6) is -0.418. The molecule has 5 rings (SSSR count). The van der Waals surface area contributed by atoms with Gasteiger partial charge in [0, 0.05) is 34.2 Å². The van der Waals surface area contributed by atoms with E-state index in [9.17, 15) is 12.8 Å². The Morgan fingerprint density at radius 3 is 2.60 bits per heavy atom. The van der Waals surface area contributed by atoms with Crippen LogP contribution in [0.4, 0.5) is 4.39 Å². The molecule has 0 bridgehead atoms. The van der Waals surface area contributed by atoms with E-state index in [0.717, 1.165) is 9.54 Å². The van der Waals surface area contributed by atoms with Crippen molar-refractivity contribution in [2.24, 2.45) is 0 Å². The molecule has 0 saturated heterocycles. The molecule has 30 heavy (non-hydrogen) atoms. The van der Waals surface area contributed by atoms with Crippen molar-refractivity contribution in [3.8, 4) is 11.3 Å². The van der Waals surface area contributed by atoms with E-state index in [0.29, 0.717) is 27.5 Å². The fourth-order valence-corrected chi connectivity index (χ4v) is 4.98. The van der Waals surface area contributed by atoms with Gasteiger partial charge in [-0.05, 0) is 48.9 Å². The van der Waals surface area contributed by atoms with Crippen LogP contribution in [0.25, 0.3) is 33.2 Å². The first-order valence-electron chi connectivity index (χ1n) is 8.99. The molecule has 0 aliphatic heterocycles. The highest BCUT2D eigenvalue weighted by molar-refractivity contribution is 7.90. The molecule has 0 spiro atoms. The van der Waals surface area contributed by atoms with Crippen LogP contribution in [0.3, 0.4) is 0 Å². The summed E-state index contributed by atoms with van der Waals surface area (Å²) in [4.78, 5) is 11.6. The lowest BCUT2D eigenvalue weighted by molar-refractivity contribution is 0.588. The SMILES string of the molecule is Cc1ccc(S(=O)(=O)n2ccc3c(-c4c[nH]c5cccc(F)c45)nc(Cl)nc32)cc1. The Kier molecular flexibility index (Phi) is 4.16. The Labute approximate surface area is 176 Å².